The Morgan fingerprint density at radius 3 is 2.80 bits per heavy atom. The summed E-state index contributed by atoms with van der Waals surface area (Å²) in [6, 6.07) is 0.290. The van der Waals surface area contributed by atoms with Crippen molar-refractivity contribution in [3.05, 3.63) is 0 Å². The van der Waals surface area contributed by atoms with Crippen LogP contribution in [-0.4, -0.2) is 37.0 Å². The van der Waals surface area contributed by atoms with Gasteiger partial charge in [0.2, 0.25) is 0 Å². The Kier molecular flexibility index (Phi) is 6.98. The van der Waals surface area contributed by atoms with Gasteiger partial charge in [0.15, 0.2) is 0 Å². The highest BCUT2D eigenvalue weighted by molar-refractivity contribution is 4.78. The summed E-state index contributed by atoms with van der Waals surface area (Å²) in [4.78, 5) is 0. The second kappa shape index (κ2) is 8.08. The van der Waals surface area contributed by atoms with E-state index >= 15 is 0 Å². The quantitative estimate of drug-likeness (QED) is 0.523. The molecular weight excluding hydrogens is 190 g/mol. The van der Waals surface area contributed by atoms with Gasteiger partial charge in [0.25, 0.3) is 0 Å². The van der Waals surface area contributed by atoms with E-state index in [1.54, 1.807) is 0 Å². The summed E-state index contributed by atoms with van der Waals surface area (Å²) in [5, 5.41) is 13.2. The zero-order chi connectivity index (χ0) is 10.9. The molecule has 0 heterocycles. The first-order valence-corrected chi connectivity index (χ1v) is 6.33. The summed E-state index contributed by atoms with van der Waals surface area (Å²) in [6.45, 7) is 4.58. The molecule has 1 saturated carbocycles. The van der Waals surface area contributed by atoms with E-state index in [0.29, 0.717) is 0 Å². The van der Waals surface area contributed by atoms with Crippen LogP contribution >= 0.6 is 0 Å². The summed E-state index contributed by atoms with van der Waals surface area (Å²) in [7, 11) is 0. The van der Waals surface area contributed by atoms with Crippen LogP contribution in [0.5, 0.6) is 0 Å². The topological polar surface area (TPSA) is 41.5 Å². The number of ether oxygens (including phenoxy) is 1. The van der Waals surface area contributed by atoms with E-state index in [0.717, 1.165) is 39.0 Å². The van der Waals surface area contributed by atoms with Crippen molar-refractivity contribution in [3.63, 3.8) is 0 Å². The van der Waals surface area contributed by atoms with Gasteiger partial charge in [0.1, 0.15) is 0 Å². The Labute approximate surface area is 93.2 Å². The molecule has 1 aliphatic carbocycles. The normalized spacial score (nSPS) is 27.6. The van der Waals surface area contributed by atoms with Gasteiger partial charge in [-0.05, 0) is 19.3 Å². The third-order valence-electron chi connectivity index (χ3n) is 2.98. The van der Waals surface area contributed by atoms with Crippen molar-refractivity contribution in [2.24, 2.45) is 0 Å². The van der Waals surface area contributed by atoms with Gasteiger partial charge in [-0.15, -0.1) is 0 Å². The van der Waals surface area contributed by atoms with Crippen molar-refractivity contribution in [1.29, 1.82) is 0 Å². The fourth-order valence-electron chi connectivity index (χ4n) is 2.09. The van der Waals surface area contributed by atoms with E-state index in [9.17, 15) is 5.11 Å². The molecule has 1 aliphatic rings. The number of hydrogen-bond acceptors (Lipinski definition) is 3. The first-order chi connectivity index (χ1) is 7.34. The monoisotopic (exact) mass is 215 g/mol. The first-order valence-electron chi connectivity index (χ1n) is 6.33. The molecule has 3 heteroatoms. The molecule has 3 nitrogen and oxygen atoms in total. The van der Waals surface area contributed by atoms with E-state index in [1.165, 1.54) is 19.3 Å². The Morgan fingerprint density at radius 1 is 1.20 bits per heavy atom. The molecule has 0 aliphatic heterocycles. The lowest BCUT2D eigenvalue weighted by atomic mass is 10.1. The van der Waals surface area contributed by atoms with Crippen LogP contribution in [-0.2, 0) is 4.74 Å². The maximum atomic E-state index is 9.85. The minimum atomic E-state index is -0.154. The molecule has 1 fully saturated rings. The van der Waals surface area contributed by atoms with Gasteiger partial charge in [-0.3, -0.25) is 0 Å². The fraction of sp³-hybridized carbons (Fsp3) is 1.00. The smallest absolute Gasteiger partial charge is 0.0693 e. The first kappa shape index (κ1) is 12.9. The summed E-state index contributed by atoms with van der Waals surface area (Å²) >= 11 is 0. The number of aliphatic hydroxyl groups is 1. The lowest BCUT2D eigenvalue weighted by molar-refractivity contribution is 0.102. The van der Waals surface area contributed by atoms with Crippen molar-refractivity contribution in [1.82, 2.24) is 5.32 Å². The van der Waals surface area contributed by atoms with E-state index in [1.807, 2.05) is 0 Å². The maximum absolute atomic E-state index is 9.85. The van der Waals surface area contributed by atoms with Crippen LogP contribution in [0, 0.1) is 0 Å². The SMILES string of the molecule is CCCOCCNC1CCCCCC1O. The summed E-state index contributed by atoms with van der Waals surface area (Å²) in [6.07, 6.45) is 6.66. The number of hydrogen-bond donors (Lipinski definition) is 2. The molecule has 0 aromatic heterocycles. The third-order valence-corrected chi connectivity index (χ3v) is 2.98. The molecule has 90 valence electrons. The highest BCUT2D eigenvalue weighted by atomic mass is 16.5. The van der Waals surface area contributed by atoms with Crippen LogP contribution in [0.1, 0.15) is 45.4 Å². The van der Waals surface area contributed by atoms with Crippen LogP contribution in [0.25, 0.3) is 0 Å². The van der Waals surface area contributed by atoms with E-state index in [-0.39, 0.29) is 12.1 Å². The maximum Gasteiger partial charge on any atom is 0.0693 e. The number of nitrogens with one attached hydrogen (secondary N) is 1. The Morgan fingerprint density at radius 2 is 2.00 bits per heavy atom. The Bertz CT molecular complexity index is 153. The largest absolute Gasteiger partial charge is 0.392 e. The predicted octanol–water partition coefficient (Wildman–Crippen LogP) is 1.70. The molecule has 2 atom stereocenters. The molecule has 0 radical (unpaired) electrons. The minimum Gasteiger partial charge on any atom is -0.392 e. The molecule has 0 aromatic carbocycles. The molecule has 1 rings (SSSR count). The molecule has 2 N–H and O–H groups in total. The van der Waals surface area contributed by atoms with Crippen molar-refractivity contribution >= 4 is 0 Å². The molecule has 2 unspecified atom stereocenters. The van der Waals surface area contributed by atoms with Gasteiger partial charge in [-0.2, -0.15) is 0 Å². The zero-order valence-electron chi connectivity index (χ0n) is 9.87. The van der Waals surface area contributed by atoms with Crippen molar-refractivity contribution < 1.29 is 9.84 Å². The average Bonchev–Trinajstić information content (AvgIpc) is 2.44. The second-order valence-corrected chi connectivity index (χ2v) is 4.38. The van der Waals surface area contributed by atoms with Crippen molar-refractivity contribution in [3.8, 4) is 0 Å². The van der Waals surface area contributed by atoms with Gasteiger partial charge in [0.05, 0.1) is 12.7 Å². The van der Waals surface area contributed by atoms with Crippen LogP contribution < -0.4 is 5.32 Å². The van der Waals surface area contributed by atoms with Crippen LogP contribution in [0.4, 0.5) is 0 Å². The molecule has 0 aromatic rings. The van der Waals surface area contributed by atoms with E-state index in [4.69, 9.17) is 4.74 Å². The summed E-state index contributed by atoms with van der Waals surface area (Å²) in [5.74, 6) is 0. The summed E-state index contributed by atoms with van der Waals surface area (Å²) in [5.41, 5.74) is 0. The molecule has 0 amide bonds. The number of rotatable bonds is 6. The van der Waals surface area contributed by atoms with Crippen molar-refractivity contribution in [2.45, 2.75) is 57.6 Å². The minimum absolute atomic E-state index is 0.154. The molecule has 0 saturated heterocycles. The van der Waals surface area contributed by atoms with Gasteiger partial charge >= 0.3 is 0 Å². The Balaban J connectivity index is 2.07. The van der Waals surface area contributed by atoms with E-state index < -0.39 is 0 Å². The van der Waals surface area contributed by atoms with Gasteiger partial charge in [-0.1, -0.05) is 26.2 Å². The highest BCUT2D eigenvalue weighted by Gasteiger charge is 2.20. The Hall–Kier alpha value is -0.120. The molecule has 0 bridgehead atoms. The standard InChI is InChI=1S/C12H25NO2/c1-2-9-15-10-8-13-11-6-4-3-5-7-12(11)14/h11-14H,2-10H2,1H3. The number of aliphatic hydroxyl groups excluding tert-OH is 1. The van der Waals surface area contributed by atoms with Crippen LogP contribution in [0.3, 0.4) is 0 Å². The van der Waals surface area contributed by atoms with Gasteiger partial charge in [-0.25, -0.2) is 0 Å². The zero-order valence-corrected chi connectivity index (χ0v) is 9.87. The summed E-state index contributed by atoms with van der Waals surface area (Å²) < 4.78 is 5.40. The van der Waals surface area contributed by atoms with Crippen LogP contribution in [0.2, 0.25) is 0 Å². The third kappa shape index (κ3) is 5.50. The van der Waals surface area contributed by atoms with E-state index in [2.05, 4.69) is 12.2 Å². The van der Waals surface area contributed by atoms with Gasteiger partial charge < -0.3 is 15.2 Å². The molecular formula is C12H25NO2. The predicted molar refractivity (Wildman–Crippen MR) is 62.0 cm³/mol. The lowest BCUT2D eigenvalue weighted by Gasteiger charge is -2.21. The van der Waals surface area contributed by atoms with Crippen LogP contribution in [0.15, 0.2) is 0 Å². The van der Waals surface area contributed by atoms with Crippen molar-refractivity contribution in [2.75, 3.05) is 19.8 Å². The second-order valence-electron chi connectivity index (χ2n) is 4.38. The molecule has 0 spiro atoms. The lowest BCUT2D eigenvalue weighted by Crippen LogP contribution is -2.40. The molecule has 15 heavy (non-hydrogen) atoms. The average molecular weight is 215 g/mol. The van der Waals surface area contributed by atoms with Gasteiger partial charge in [0, 0.05) is 19.2 Å². The fourth-order valence-corrected chi connectivity index (χ4v) is 2.09. The highest BCUT2D eigenvalue weighted by Crippen LogP contribution is 2.17.